The van der Waals surface area contributed by atoms with Crippen LogP contribution in [0.4, 0.5) is 0 Å². The van der Waals surface area contributed by atoms with Crippen LogP contribution in [0.1, 0.15) is 11.1 Å². The van der Waals surface area contributed by atoms with Gasteiger partial charge in [0.25, 0.3) is 0 Å². The lowest BCUT2D eigenvalue weighted by Crippen LogP contribution is -1.93. The fraction of sp³-hybridized carbons (Fsp3) is 0.0769. The van der Waals surface area contributed by atoms with Crippen molar-refractivity contribution in [3.05, 3.63) is 102 Å². The van der Waals surface area contributed by atoms with Crippen LogP contribution in [0.15, 0.2) is 91.0 Å². The Balaban J connectivity index is 1.74. The number of aromatic nitrogens is 1. The number of aryl methyl sites for hydroxylation is 2. The SMILES string of the molecule is Cc1ccc2c(c1)c1cc(C)ccc1n2-c1ccc(-c2ccccc2)cc1. The second-order valence-corrected chi connectivity index (χ2v) is 7.29. The molecule has 5 aromatic rings. The first-order valence-electron chi connectivity index (χ1n) is 9.38. The minimum atomic E-state index is 1.20. The number of hydrogen-bond acceptors (Lipinski definition) is 0. The third kappa shape index (κ3) is 2.63. The lowest BCUT2D eigenvalue weighted by molar-refractivity contribution is 1.18. The van der Waals surface area contributed by atoms with Gasteiger partial charge in [-0.25, -0.2) is 0 Å². The number of fused-ring (bicyclic) bond motifs is 3. The highest BCUT2D eigenvalue weighted by molar-refractivity contribution is 6.09. The maximum Gasteiger partial charge on any atom is 0.0541 e. The number of rotatable bonds is 2. The molecule has 0 N–H and O–H groups in total. The van der Waals surface area contributed by atoms with Gasteiger partial charge in [0.05, 0.1) is 11.0 Å². The zero-order valence-electron chi connectivity index (χ0n) is 15.6. The van der Waals surface area contributed by atoms with Gasteiger partial charge in [-0.05, 0) is 61.4 Å². The van der Waals surface area contributed by atoms with Crippen molar-refractivity contribution in [1.82, 2.24) is 4.57 Å². The molecule has 27 heavy (non-hydrogen) atoms. The summed E-state index contributed by atoms with van der Waals surface area (Å²) in [6.45, 7) is 4.32. The highest BCUT2D eigenvalue weighted by atomic mass is 15.0. The number of benzene rings is 4. The van der Waals surface area contributed by atoms with Crippen LogP contribution in [0.3, 0.4) is 0 Å². The molecule has 1 heterocycles. The molecule has 0 aliphatic heterocycles. The molecule has 0 spiro atoms. The van der Waals surface area contributed by atoms with Gasteiger partial charge in [-0.1, -0.05) is 65.7 Å². The van der Waals surface area contributed by atoms with Crippen molar-refractivity contribution in [2.24, 2.45) is 0 Å². The van der Waals surface area contributed by atoms with Gasteiger partial charge in [-0.3, -0.25) is 0 Å². The molecule has 0 amide bonds. The molecule has 0 radical (unpaired) electrons. The topological polar surface area (TPSA) is 4.93 Å². The zero-order chi connectivity index (χ0) is 18.4. The van der Waals surface area contributed by atoms with Gasteiger partial charge in [-0.15, -0.1) is 0 Å². The molecule has 130 valence electrons. The molecular weight excluding hydrogens is 326 g/mol. The maximum absolute atomic E-state index is 2.37. The van der Waals surface area contributed by atoms with E-state index in [0.717, 1.165) is 0 Å². The summed E-state index contributed by atoms with van der Waals surface area (Å²) in [5, 5.41) is 2.64. The van der Waals surface area contributed by atoms with E-state index < -0.39 is 0 Å². The first kappa shape index (κ1) is 15.9. The van der Waals surface area contributed by atoms with Gasteiger partial charge >= 0.3 is 0 Å². The zero-order valence-corrected chi connectivity index (χ0v) is 15.6. The molecule has 5 rings (SSSR count). The van der Waals surface area contributed by atoms with E-state index >= 15 is 0 Å². The van der Waals surface area contributed by atoms with E-state index in [1.165, 1.54) is 49.7 Å². The Labute approximate surface area is 159 Å². The van der Waals surface area contributed by atoms with Crippen LogP contribution in [-0.4, -0.2) is 4.57 Å². The van der Waals surface area contributed by atoms with E-state index in [1.54, 1.807) is 0 Å². The van der Waals surface area contributed by atoms with Crippen molar-refractivity contribution in [2.75, 3.05) is 0 Å². The second kappa shape index (κ2) is 6.14. The van der Waals surface area contributed by atoms with Crippen LogP contribution < -0.4 is 0 Å². The van der Waals surface area contributed by atoms with E-state index in [2.05, 4.69) is 109 Å². The lowest BCUT2D eigenvalue weighted by Gasteiger charge is -2.09. The Morgan fingerprint density at radius 2 is 1.04 bits per heavy atom. The molecule has 0 saturated carbocycles. The molecule has 4 aromatic carbocycles. The van der Waals surface area contributed by atoms with Crippen molar-refractivity contribution >= 4 is 21.8 Å². The third-order valence-corrected chi connectivity index (χ3v) is 5.31. The summed E-state index contributed by atoms with van der Waals surface area (Å²) >= 11 is 0. The van der Waals surface area contributed by atoms with Crippen LogP contribution in [0.2, 0.25) is 0 Å². The quantitative estimate of drug-likeness (QED) is 0.322. The third-order valence-electron chi connectivity index (χ3n) is 5.31. The van der Waals surface area contributed by atoms with Crippen molar-refractivity contribution in [3.8, 4) is 16.8 Å². The van der Waals surface area contributed by atoms with Crippen LogP contribution >= 0.6 is 0 Å². The smallest absolute Gasteiger partial charge is 0.0541 e. The molecule has 1 heteroatoms. The van der Waals surface area contributed by atoms with E-state index in [4.69, 9.17) is 0 Å². The standard InChI is InChI=1S/C26H21N/c1-18-8-14-25-23(16-18)24-17-19(2)9-15-26(24)27(25)22-12-10-21(11-13-22)20-6-4-3-5-7-20/h3-17H,1-2H3. The molecule has 0 unspecified atom stereocenters. The molecule has 1 aromatic heterocycles. The molecule has 0 saturated heterocycles. The Morgan fingerprint density at radius 1 is 0.519 bits per heavy atom. The van der Waals surface area contributed by atoms with Gasteiger partial charge in [0.1, 0.15) is 0 Å². The Morgan fingerprint density at radius 3 is 1.59 bits per heavy atom. The lowest BCUT2D eigenvalue weighted by atomic mass is 10.1. The number of nitrogens with zero attached hydrogens (tertiary/aromatic N) is 1. The predicted molar refractivity (Wildman–Crippen MR) is 116 cm³/mol. The van der Waals surface area contributed by atoms with Gasteiger partial charge in [0.15, 0.2) is 0 Å². The first-order valence-corrected chi connectivity index (χ1v) is 9.38. The van der Waals surface area contributed by atoms with E-state index in [-0.39, 0.29) is 0 Å². The largest absolute Gasteiger partial charge is 0.309 e. The molecular formula is C26H21N. The van der Waals surface area contributed by atoms with Crippen LogP contribution in [0.25, 0.3) is 38.6 Å². The molecule has 0 aliphatic rings. The summed E-state index contributed by atoms with van der Waals surface area (Å²) in [4.78, 5) is 0. The predicted octanol–water partition coefficient (Wildman–Crippen LogP) is 7.07. The van der Waals surface area contributed by atoms with Gasteiger partial charge < -0.3 is 4.57 Å². The summed E-state index contributed by atoms with van der Waals surface area (Å²) in [5.74, 6) is 0. The summed E-state index contributed by atoms with van der Waals surface area (Å²) < 4.78 is 2.37. The fourth-order valence-corrected chi connectivity index (χ4v) is 3.96. The summed E-state index contributed by atoms with van der Waals surface area (Å²) in [6, 6.07) is 32.9. The van der Waals surface area contributed by atoms with Crippen molar-refractivity contribution in [3.63, 3.8) is 0 Å². The first-order chi connectivity index (χ1) is 13.2. The Kier molecular flexibility index (Phi) is 3.61. The van der Waals surface area contributed by atoms with Crippen molar-refractivity contribution in [1.29, 1.82) is 0 Å². The monoisotopic (exact) mass is 347 g/mol. The minimum absolute atomic E-state index is 1.20. The molecule has 0 aliphatic carbocycles. The second-order valence-electron chi connectivity index (χ2n) is 7.29. The average Bonchev–Trinajstić information content (AvgIpc) is 3.02. The van der Waals surface area contributed by atoms with Crippen LogP contribution in [0, 0.1) is 13.8 Å². The minimum Gasteiger partial charge on any atom is -0.309 e. The van der Waals surface area contributed by atoms with Crippen LogP contribution in [-0.2, 0) is 0 Å². The van der Waals surface area contributed by atoms with Crippen molar-refractivity contribution in [2.45, 2.75) is 13.8 Å². The number of hydrogen-bond donors (Lipinski definition) is 0. The van der Waals surface area contributed by atoms with E-state index in [0.29, 0.717) is 0 Å². The highest BCUT2D eigenvalue weighted by Gasteiger charge is 2.12. The van der Waals surface area contributed by atoms with Gasteiger partial charge in [-0.2, -0.15) is 0 Å². The highest BCUT2D eigenvalue weighted by Crippen LogP contribution is 2.33. The van der Waals surface area contributed by atoms with E-state index in [9.17, 15) is 0 Å². The summed E-state index contributed by atoms with van der Waals surface area (Å²) in [6.07, 6.45) is 0. The maximum atomic E-state index is 2.37. The molecule has 0 bridgehead atoms. The Hall–Kier alpha value is -3.32. The fourth-order valence-electron chi connectivity index (χ4n) is 3.96. The Bertz CT molecular complexity index is 1200. The summed E-state index contributed by atoms with van der Waals surface area (Å²) in [7, 11) is 0. The average molecular weight is 347 g/mol. The molecule has 0 atom stereocenters. The summed E-state index contributed by atoms with van der Waals surface area (Å²) in [5.41, 5.74) is 8.79. The van der Waals surface area contributed by atoms with Gasteiger partial charge in [0.2, 0.25) is 0 Å². The normalized spacial score (nSPS) is 11.3. The van der Waals surface area contributed by atoms with Gasteiger partial charge in [0, 0.05) is 16.5 Å². The van der Waals surface area contributed by atoms with E-state index in [1.807, 2.05) is 0 Å². The molecule has 0 fully saturated rings. The molecule has 1 nitrogen and oxygen atoms in total. The van der Waals surface area contributed by atoms with Crippen LogP contribution in [0.5, 0.6) is 0 Å². The van der Waals surface area contributed by atoms with Crippen molar-refractivity contribution < 1.29 is 0 Å².